The van der Waals surface area contributed by atoms with E-state index >= 15 is 0 Å². The van der Waals surface area contributed by atoms with E-state index in [1.807, 2.05) is 0 Å². The monoisotopic (exact) mass is 466 g/mol. The van der Waals surface area contributed by atoms with Gasteiger partial charge in [0.15, 0.2) is 0 Å². The Morgan fingerprint density at radius 3 is 2.18 bits per heavy atom. The van der Waals surface area contributed by atoms with Gasteiger partial charge in [0.25, 0.3) is 0 Å². The van der Waals surface area contributed by atoms with Crippen molar-refractivity contribution in [1.29, 1.82) is 0 Å². The van der Waals surface area contributed by atoms with Crippen LogP contribution in [-0.4, -0.2) is 26.0 Å². The van der Waals surface area contributed by atoms with E-state index in [0.717, 1.165) is 18.2 Å². The summed E-state index contributed by atoms with van der Waals surface area (Å²) in [6.07, 6.45) is 0.382. The van der Waals surface area contributed by atoms with E-state index < -0.39 is 29.5 Å². The van der Waals surface area contributed by atoms with Crippen LogP contribution in [0.1, 0.15) is 24.4 Å². The van der Waals surface area contributed by atoms with E-state index in [0.29, 0.717) is 22.7 Å². The normalized spacial score (nSPS) is 17.9. The molecule has 1 heterocycles. The second-order valence-corrected chi connectivity index (χ2v) is 7.94. The molecule has 3 aromatic rings. The lowest BCUT2D eigenvalue weighted by atomic mass is 9.83. The maximum atomic E-state index is 14.2. The number of piperidine rings is 1. The highest BCUT2D eigenvalue weighted by atomic mass is 19.1. The predicted octanol–water partition coefficient (Wildman–Crippen LogP) is 5.11. The zero-order chi connectivity index (χ0) is 24.2. The summed E-state index contributed by atoms with van der Waals surface area (Å²) in [5.74, 6) is -1.51. The molecule has 6 nitrogen and oxygen atoms in total. The van der Waals surface area contributed by atoms with Crippen molar-refractivity contribution >= 4 is 23.2 Å². The molecule has 176 valence electrons. The number of halogens is 2. The van der Waals surface area contributed by atoms with Crippen molar-refractivity contribution in [3.63, 3.8) is 0 Å². The van der Waals surface area contributed by atoms with Crippen LogP contribution in [-0.2, 0) is 9.59 Å². The molecule has 4 rings (SSSR count). The van der Waals surface area contributed by atoms with Gasteiger partial charge in [0.05, 0.1) is 31.9 Å². The highest BCUT2D eigenvalue weighted by Crippen LogP contribution is 2.41. The molecule has 1 N–H and O–H groups in total. The van der Waals surface area contributed by atoms with Gasteiger partial charge in [-0.15, -0.1) is 0 Å². The molecule has 1 aliphatic rings. The highest BCUT2D eigenvalue weighted by molar-refractivity contribution is 6.00. The zero-order valence-electron chi connectivity index (χ0n) is 18.8. The molecule has 2 unspecified atom stereocenters. The van der Waals surface area contributed by atoms with Crippen LogP contribution in [0.5, 0.6) is 11.5 Å². The van der Waals surface area contributed by atoms with Crippen molar-refractivity contribution in [3.8, 4) is 11.5 Å². The van der Waals surface area contributed by atoms with Gasteiger partial charge in [-0.3, -0.25) is 9.59 Å². The minimum Gasteiger partial charge on any atom is -0.497 e. The van der Waals surface area contributed by atoms with Gasteiger partial charge in [-0.25, -0.2) is 8.78 Å². The van der Waals surface area contributed by atoms with Crippen molar-refractivity contribution in [2.45, 2.75) is 18.9 Å². The first kappa shape index (κ1) is 23.2. The average molecular weight is 466 g/mol. The van der Waals surface area contributed by atoms with Crippen molar-refractivity contribution in [1.82, 2.24) is 0 Å². The Morgan fingerprint density at radius 1 is 0.941 bits per heavy atom. The lowest BCUT2D eigenvalue weighted by Crippen LogP contribution is -2.47. The first-order valence-corrected chi connectivity index (χ1v) is 10.8. The first-order chi connectivity index (χ1) is 16.4. The predicted molar refractivity (Wildman–Crippen MR) is 124 cm³/mol. The Bertz CT molecular complexity index is 1180. The maximum absolute atomic E-state index is 14.2. The molecular formula is C26H24F2N2O4. The largest absolute Gasteiger partial charge is 0.497 e. The lowest BCUT2D eigenvalue weighted by molar-refractivity contribution is -0.126. The quantitative estimate of drug-likeness (QED) is 0.549. The molecule has 0 aliphatic carbocycles. The Balaban J connectivity index is 1.74. The topological polar surface area (TPSA) is 67.9 Å². The minimum absolute atomic E-state index is 0.127. The Kier molecular flexibility index (Phi) is 6.77. The van der Waals surface area contributed by atoms with Crippen LogP contribution in [0.25, 0.3) is 0 Å². The molecule has 1 saturated heterocycles. The van der Waals surface area contributed by atoms with Gasteiger partial charge in [0, 0.05) is 18.2 Å². The number of nitrogens with one attached hydrogen (secondary N) is 1. The van der Waals surface area contributed by atoms with Crippen molar-refractivity contribution in [2.75, 3.05) is 24.4 Å². The summed E-state index contributed by atoms with van der Waals surface area (Å²) in [6, 6.07) is 16.3. The Morgan fingerprint density at radius 2 is 1.56 bits per heavy atom. The molecule has 1 aliphatic heterocycles. The summed E-state index contributed by atoms with van der Waals surface area (Å²) in [7, 11) is 3.10. The molecular weight excluding hydrogens is 442 g/mol. The summed E-state index contributed by atoms with van der Waals surface area (Å²) in [5.41, 5.74) is 1.07. The Labute approximate surface area is 196 Å². The van der Waals surface area contributed by atoms with E-state index in [1.54, 1.807) is 67.7 Å². The molecule has 0 aromatic heterocycles. The number of ether oxygens (including phenoxy) is 2. The van der Waals surface area contributed by atoms with Gasteiger partial charge in [-0.2, -0.15) is 0 Å². The molecule has 8 heteroatoms. The Hall–Kier alpha value is -3.94. The van der Waals surface area contributed by atoms with Crippen molar-refractivity contribution in [3.05, 3.63) is 83.9 Å². The summed E-state index contributed by atoms with van der Waals surface area (Å²) in [4.78, 5) is 28.0. The maximum Gasteiger partial charge on any atom is 0.230 e. The van der Waals surface area contributed by atoms with Gasteiger partial charge in [0.2, 0.25) is 11.8 Å². The molecule has 0 radical (unpaired) electrons. The number of hydrogen-bond donors (Lipinski definition) is 1. The molecule has 0 saturated carbocycles. The van der Waals surface area contributed by atoms with Gasteiger partial charge in [0.1, 0.15) is 23.1 Å². The SMILES string of the molecule is COc1ccc(C2C(C(=O)Nc3cc(F)ccc3F)CCC(=O)N2c2ccc(OC)cc2)cc1. The zero-order valence-corrected chi connectivity index (χ0v) is 18.8. The standard InChI is InChI=1S/C26H24F2N2O4/c1-33-19-8-3-16(4-9-19)25-21(26(32)29-23-15-17(27)5-13-22(23)28)12-14-24(31)30(25)18-6-10-20(34-2)11-7-18/h3-11,13,15,21,25H,12,14H2,1-2H3,(H,29,32). The van der Waals surface area contributed by atoms with Gasteiger partial charge in [-0.1, -0.05) is 12.1 Å². The van der Waals surface area contributed by atoms with E-state index in [1.165, 1.54) is 0 Å². The van der Waals surface area contributed by atoms with Crippen LogP contribution < -0.4 is 19.7 Å². The second-order valence-electron chi connectivity index (χ2n) is 7.94. The smallest absolute Gasteiger partial charge is 0.230 e. The van der Waals surface area contributed by atoms with Gasteiger partial charge >= 0.3 is 0 Å². The van der Waals surface area contributed by atoms with Crippen LogP contribution in [0.4, 0.5) is 20.2 Å². The number of hydrogen-bond acceptors (Lipinski definition) is 4. The van der Waals surface area contributed by atoms with Crippen LogP contribution in [0, 0.1) is 17.6 Å². The third-order valence-electron chi connectivity index (χ3n) is 5.93. The van der Waals surface area contributed by atoms with E-state index in [2.05, 4.69) is 5.32 Å². The number of rotatable bonds is 6. The van der Waals surface area contributed by atoms with Crippen molar-refractivity contribution in [2.24, 2.45) is 5.92 Å². The fraction of sp³-hybridized carbons (Fsp3) is 0.231. The minimum atomic E-state index is -0.741. The van der Waals surface area contributed by atoms with Gasteiger partial charge in [-0.05, 0) is 60.5 Å². The highest BCUT2D eigenvalue weighted by Gasteiger charge is 2.41. The van der Waals surface area contributed by atoms with Crippen LogP contribution in [0.15, 0.2) is 66.7 Å². The molecule has 2 atom stereocenters. The molecule has 0 spiro atoms. The third kappa shape index (κ3) is 4.71. The molecule has 0 bridgehead atoms. The number of carbonyl (C=O) groups excluding carboxylic acids is 2. The fourth-order valence-corrected chi connectivity index (χ4v) is 4.22. The van der Waals surface area contributed by atoms with Crippen molar-refractivity contribution < 1.29 is 27.8 Å². The summed E-state index contributed by atoms with van der Waals surface area (Å²) < 4.78 is 38.3. The number of carbonyl (C=O) groups is 2. The fourth-order valence-electron chi connectivity index (χ4n) is 4.22. The van der Waals surface area contributed by atoms with E-state index in [9.17, 15) is 18.4 Å². The summed E-state index contributed by atoms with van der Waals surface area (Å²) >= 11 is 0. The first-order valence-electron chi connectivity index (χ1n) is 10.8. The third-order valence-corrected chi connectivity index (χ3v) is 5.93. The number of anilines is 2. The average Bonchev–Trinajstić information content (AvgIpc) is 2.86. The molecule has 3 aromatic carbocycles. The van der Waals surface area contributed by atoms with E-state index in [-0.39, 0.29) is 24.4 Å². The summed E-state index contributed by atoms with van der Waals surface area (Å²) in [5, 5.41) is 2.51. The van der Waals surface area contributed by atoms with Gasteiger partial charge < -0.3 is 19.7 Å². The number of benzene rings is 3. The lowest BCUT2D eigenvalue weighted by Gasteiger charge is -2.41. The van der Waals surface area contributed by atoms with Crippen LogP contribution in [0.2, 0.25) is 0 Å². The van der Waals surface area contributed by atoms with Crippen LogP contribution in [0.3, 0.4) is 0 Å². The summed E-state index contributed by atoms with van der Waals surface area (Å²) in [6.45, 7) is 0. The number of nitrogens with zero attached hydrogens (tertiary/aromatic N) is 1. The molecule has 1 fully saturated rings. The molecule has 34 heavy (non-hydrogen) atoms. The second kappa shape index (κ2) is 9.91. The van der Waals surface area contributed by atoms with Crippen LogP contribution >= 0.6 is 0 Å². The molecule has 2 amide bonds. The number of methoxy groups -OCH3 is 2. The van der Waals surface area contributed by atoms with E-state index in [4.69, 9.17) is 9.47 Å². The number of amides is 2.